The highest BCUT2D eigenvalue weighted by molar-refractivity contribution is 5.85. The monoisotopic (exact) mass is 236 g/mol. The number of nitrogens with two attached hydrogens (primary N) is 1. The molecular weight excluding hydrogens is 216 g/mol. The highest BCUT2D eigenvalue weighted by Gasteiger charge is 2.12. The summed E-state index contributed by atoms with van der Waals surface area (Å²) in [6.07, 6.45) is 2.67. The van der Waals surface area contributed by atoms with Crippen LogP contribution in [0.2, 0.25) is 0 Å². The van der Waals surface area contributed by atoms with Gasteiger partial charge in [-0.3, -0.25) is 4.79 Å². The van der Waals surface area contributed by atoms with Crippen LogP contribution in [0, 0.1) is 0 Å². The Morgan fingerprint density at radius 1 is 1.67 bits per heavy atom. The van der Waals surface area contributed by atoms with Crippen molar-refractivity contribution in [3.8, 4) is 0 Å². The third-order valence-corrected chi connectivity index (χ3v) is 1.94. The topological polar surface area (TPSA) is 64.4 Å². The van der Waals surface area contributed by atoms with Crippen molar-refractivity contribution in [2.24, 2.45) is 5.73 Å². The quantitative estimate of drug-likeness (QED) is 0.645. The number of hydrogen-bond donors (Lipinski definition) is 2. The van der Waals surface area contributed by atoms with Crippen LogP contribution < -0.4 is 11.1 Å². The van der Waals surface area contributed by atoms with Crippen molar-refractivity contribution in [2.45, 2.75) is 31.9 Å². The number of carbonyl (C=O) groups is 1. The van der Waals surface area contributed by atoms with Crippen LogP contribution in [0.1, 0.15) is 19.8 Å². The van der Waals surface area contributed by atoms with Gasteiger partial charge in [-0.1, -0.05) is 6.08 Å². The molecule has 0 aliphatic carbocycles. The van der Waals surface area contributed by atoms with Crippen LogP contribution in [0.4, 0.5) is 0 Å². The van der Waals surface area contributed by atoms with Crippen LogP contribution in [-0.4, -0.2) is 31.7 Å². The molecule has 0 saturated heterocycles. The smallest absolute Gasteiger partial charge is 0.222 e. The fourth-order valence-electron chi connectivity index (χ4n) is 1.11. The summed E-state index contributed by atoms with van der Waals surface area (Å²) in [5, 5.41) is 2.83. The molecule has 0 heterocycles. The van der Waals surface area contributed by atoms with Crippen molar-refractivity contribution in [1.82, 2.24) is 5.32 Å². The van der Waals surface area contributed by atoms with Gasteiger partial charge in [0.1, 0.15) is 0 Å². The Labute approximate surface area is 97.7 Å². The molecule has 0 aromatic rings. The van der Waals surface area contributed by atoms with Gasteiger partial charge in [0.25, 0.3) is 0 Å². The zero-order chi connectivity index (χ0) is 11.0. The highest BCUT2D eigenvalue weighted by atomic mass is 35.5. The molecule has 0 fully saturated rings. The minimum absolute atomic E-state index is 0. The second kappa shape index (κ2) is 9.96. The molecule has 0 radical (unpaired) electrons. The summed E-state index contributed by atoms with van der Waals surface area (Å²) in [5.74, 6) is -0.0309. The third kappa shape index (κ3) is 8.42. The van der Waals surface area contributed by atoms with Crippen molar-refractivity contribution in [2.75, 3.05) is 13.7 Å². The summed E-state index contributed by atoms with van der Waals surface area (Å²) in [6.45, 7) is 5.90. The number of halogens is 1. The van der Waals surface area contributed by atoms with E-state index in [-0.39, 0.29) is 30.5 Å². The lowest BCUT2D eigenvalue weighted by atomic mass is 10.2. The maximum atomic E-state index is 11.4. The fraction of sp³-hybridized carbons (Fsp3) is 0.700. The average Bonchev–Trinajstić information content (AvgIpc) is 2.14. The molecule has 0 spiro atoms. The van der Waals surface area contributed by atoms with E-state index < -0.39 is 0 Å². The fourth-order valence-corrected chi connectivity index (χ4v) is 1.11. The Morgan fingerprint density at radius 3 is 2.67 bits per heavy atom. The largest absolute Gasteiger partial charge is 0.380 e. The number of rotatable bonds is 7. The maximum absolute atomic E-state index is 11.4. The van der Waals surface area contributed by atoms with E-state index in [9.17, 15) is 4.79 Å². The first-order valence-electron chi connectivity index (χ1n) is 4.77. The predicted molar refractivity (Wildman–Crippen MR) is 64.1 cm³/mol. The van der Waals surface area contributed by atoms with Gasteiger partial charge in [-0.05, 0) is 13.3 Å². The molecule has 0 aromatic heterocycles. The van der Waals surface area contributed by atoms with E-state index in [1.807, 2.05) is 6.92 Å². The summed E-state index contributed by atoms with van der Waals surface area (Å²) < 4.78 is 5.01. The minimum atomic E-state index is -0.189. The lowest BCUT2D eigenvalue weighted by molar-refractivity contribution is -0.123. The summed E-state index contributed by atoms with van der Waals surface area (Å²) in [5.41, 5.74) is 5.40. The first kappa shape index (κ1) is 16.8. The molecule has 0 bridgehead atoms. The van der Waals surface area contributed by atoms with Crippen molar-refractivity contribution in [3.63, 3.8) is 0 Å². The molecule has 0 rings (SSSR count). The van der Waals surface area contributed by atoms with Gasteiger partial charge in [-0.25, -0.2) is 0 Å². The van der Waals surface area contributed by atoms with Gasteiger partial charge in [-0.15, -0.1) is 19.0 Å². The number of hydrogen-bond acceptors (Lipinski definition) is 3. The molecular formula is C10H21ClN2O2. The second-order valence-electron chi connectivity index (χ2n) is 3.29. The number of ether oxygens (including phenoxy) is 1. The summed E-state index contributed by atoms with van der Waals surface area (Å²) in [6, 6.07) is 0.121. The standard InChI is InChI=1S/C10H20N2O2.ClH/c1-4-5-8(2)12-10(13)6-9(7-11)14-3;/h4,8-9H,1,5-7,11H2,2-3H3,(H,12,13);1H. The normalized spacial score (nSPS) is 13.5. The molecule has 0 aliphatic heterocycles. The zero-order valence-electron chi connectivity index (χ0n) is 9.36. The lowest BCUT2D eigenvalue weighted by Crippen LogP contribution is -2.36. The first-order chi connectivity index (χ1) is 6.63. The molecule has 90 valence electrons. The lowest BCUT2D eigenvalue weighted by Gasteiger charge is -2.15. The molecule has 1 amide bonds. The van der Waals surface area contributed by atoms with Crippen LogP contribution in [-0.2, 0) is 9.53 Å². The number of amides is 1. The zero-order valence-corrected chi connectivity index (χ0v) is 10.2. The first-order valence-corrected chi connectivity index (χ1v) is 4.77. The van der Waals surface area contributed by atoms with E-state index in [0.717, 1.165) is 6.42 Å². The molecule has 0 saturated carbocycles. The predicted octanol–water partition coefficient (Wildman–Crippen LogP) is 0.853. The Bertz CT molecular complexity index is 184. The molecule has 5 heteroatoms. The Morgan fingerprint density at radius 2 is 2.27 bits per heavy atom. The SMILES string of the molecule is C=CCC(C)NC(=O)CC(CN)OC.Cl. The number of nitrogens with one attached hydrogen (secondary N) is 1. The Hall–Kier alpha value is -0.580. The Kier molecular flexibility index (Phi) is 11.2. The molecule has 2 atom stereocenters. The van der Waals surface area contributed by atoms with E-state index in [4.69, 9.17) is 10.5 Å². The van der Waals surface area contributed by atoms with Crippen molar-refractivity contribution in [1.29, 1.82) is 0 Å². The van der Waals surface area contributed by atoms with Gasteiger partial charge in [0.2, 0.25) is 5.91 Å². The molecule has 0 aliphatic rings. The van der Waals surface area contributed by atoms with Crippen molar-refractivity contribution < 1.29 is 9.53 Å². The Balaban J connectivity index is 0. The van der Waals surface area contributed by atoms with E-state index in [1.54, 1.807) is 13.2 Å². The minimum Gasteiger partial charge on any atom is -0.380 e. The van der Waals surface area contributed by atoms with Gasteiger partial charge >= 0.3 is 0 Å². The van der Waals surface area contributed by atoms with Crippen LogP contribution in [0.5, 0.6) is 0 Å². The van der Waals surface area contributed by atoms with Gasteiger partial charge in [0.15, 0.2) is 0 Å². The third-order valence-electron chi connectivity index (χ3n) is 1.94. The van der Waals surface area contributed by atoms with E-state index in [2.05, 4.69) is 11.9 Å². The van der Waals surface area contributed by atoms with Gasteiger partial charge < -0.3 is 15.8 Å². The average molecular weight is 237 g/mol. The molecule has 2 unspecified atom stereocenters. The highest BCUT2D eigenvalue weighted by Crippen LogP contribution is 1.97. The van der Waals surface area contributed by atoms with E-state index in [1.165, 1.54) is 0 Å². The molecule has 3 N–H and O–H groups in total. The van der Waals surface area contributed by atoms with E-state index in [0.29, 0.717) is 13.0 Å². The number of carbonyl (C=O) groups excluding carboxylic acids is 1. The second-order valence-corrected chi connectivity index (χ2v) is 3.29. The van der Waals surface area contributed by atoms with Gasteiger partial charge in [0.05, 0.1) is 12.5 Å². The molecule has 0 aromatic carbocycles. The van der Waals surface area contributed by atoms with Crippen molar-refractivity contribution >= 4 is 18.3 Å². The number of methoxy groups -OCH3 is 1. The van der Waals surface area contributed by atoms with Gasteiger partial charge in [-0.2, -0.15) is 0 Å². The molecule has 15 heavy (non-hydrogen) atoms. The van der Waals surface area contributed by atoms with Crippen LogP contribution in [0.25, 0.3) is 0 Å². The summed E-state index contributed by atoms with van der Waals surface area (Å²) in [4.78, 5) is 11.4. The van der Waals surface area contributed by atoms with Crippen LogP contribution in [0.3, 0.4) is 0 Å². The van der Waals surface area contributed by atoms with E-state index >= 15 is 0 Å². The summed E-state index contributed by atoms with van der Waals surface area (Å²) >= 11 is 0. The summed E-state index contributed by atoms with van der Waals surface area (Å²) in [7, 11) is 1.55. The van der Waals surface area contributed by atoms with Gasteiger partial charge in [0, 0.05) is 19.7 Å². The van der Waals surface area contributed by atoms with Crippen molar-refractivity contribution in [3.05, 3.63) is 12.7 Å². The molecule has 4 nitrogen and oxygen atoms in total. The van der Waals surface area contributed by atoms with Crippen LogP contribution >= 0.6 is 12.4 Å². The maximum Gasteiger partial charge on any atom is 0.222 e. The van der Waals surface area contributed by atoms with Crippen LogP contribution in [0.15, 0.2) is 12.7 Å².